The Bertz CT molecular complexity index is 256. The molecular formula is C12H20OSi. The second-order valence-corrected chi connectivity index (χ2v) is 5.15. The van der Waals surface area contributed by atoms with Crippen molar-refractivity contribution in [1.82, 2.24) is 0 Å². The molecule has 0 saturated carbocycles. The molecule has 0 N–H and O–H groups in total. The second kappa shape index (κ2) is 5.32. The minimum Gasteiger partial charge on any atom is -0.428 e. The van der Waals surface area contributed by atoms with Crippen molar-refractivity contribution in [2.75, 3.05) is 6.61 Å². The molecule has 1 aromatic rings. The highest BCUT2D eigenvalue weighted by molar-refractivity contribution is 5.97. The van der Waals surface area contributed by atoms with Crippen LogP contribution in [-0.4, -0.2) is 17.1 Å². The summed E-state index contributed by atoms with van der Waals surface area (Å²) in [6, 6.07) is 10.7. The fourth-order valence-electron chi connectivity index (χ4n) is 1.62. The van der Waals surface area contributed by atoms with Crippen molar-refractivity contribution in [3.05, 3.63) is 35.9 Å². The van der Waals surface area contributed by atoms with Gasteiger partial charge >= 0.3 is 0 Å². The largest absolute Gasteiger partial charge is 0.428 e. The molecule has 0 saturated heterocycles. The Morgan fingerprint density at radius 1 is 1.21 bits per heavy atom. The first kappa shape index (κ1) is 11.5. The maximum atomic E-state index is 5.25. The van der Waals surface area contributed by atoms with Crippen LogP contribution in [0.25, 0.3) is 0 Å². The van der Waals surface area contributed by atoms with E-state index in [1.807, 2.05) is 0 Å². The second-order valence-electron chi connectivity index (χ2n) is 4.57. The van der Waals surface area contributed by atoms with Gasteiger partial charge in [0.05, 0.1) is 0 Å². The predicted octanol–water partition coefficient (Wildman–Crippen LogP) is 1.94. The van der Waals surface area contributed by atoms with E-state index < -0.39 is 0 Å². The van der Waals surface area contributed by atoms with Gasteiger partial charge in [-0.25, -0.2) is 0 Å². The highest BCUT2D eigenvalue weighted by atomic mass is 28.2. The van der Waals surface area contributed by atoms with E-state index in [9.17, 15) is 0 Å². The number of hydrogen-bond donors (Lipinski definition) is 0. The lowest BCUT2D eigenvalue weighted by Crippen LogP contribution is -2.17. The van der Waals surface area contributed by atoms with E-state index in [0.717, 1.165) is 29.9 Å². The third kappa shape index (κ3) is 4.07. The molecule has 0 aliphatic carbocycles. The Morgan fingerprint density at radius 3 is 2.43 bits per heavy atom. The van der Waals surface area contributed by atoms with Gasteiger partial charge in [0, 0.05) is 6.61 Å². The monoisotopic (exact) mass is 208 g/mol. The van der Waals surface area contributed by atoms with Crippen molar-refractivity contribution in [1.29, 1.82) is 0 Å². The average molecular weight is 208 g/mol. The van der Waals surface area contributed by atoms with Gasteiger partial charge in [0.1, 0.15) is 10.5 Å². The van der Waals surface area contributed by atoms with Gasteiger partial charge in [-0.1, -0.05) is 44.2 Å². The summed E-state index contributed by atoms with van der Waals surface area (Å²) in [7, 11) is 0.855. The minimum atomic E-state index is 0.353. The van der Waals surface area contributed by atoms with Gasteiger partial charge in [-0.05, 0) is 23.8 Å². The molecule has 14 heavy (non-hydrogen) atoms. The average Bonchev–Trinajstić information content (AvgIpc) is 2.16. The SMILES string of the molecule is CC(C)(CCO[SiH3])Cc1ccccc1. The van der Waals surface area contributed by atoms with Gasteiger partial charge < -0.3 is 4.43 Å². The number of benzene rings is 1. The van der Waals surface area contributed by atoms with E-state index in [1.165, 1.54) is 5.56 Å². The zero-order chi connectivity index (χ0) is 10.4. The molecule has 78 valence electrons. The molecular weight excluding hydrogens is 188 g/mol. The third-order valence-electron chi connectivity index (χ3n) is 2.51. The van der Waals surface area contributed by atoms with Gasteiger partial charge in [0.25, 0.3) is 0 Å². The highest BCUT2D eigenvalue weighted by Gasteiger charge is 2.17. The maximum absolute atomic E-state index is 5.25. The Kier molecular flexibility index (Phi) is 4.36. The molecule has 1 rings (SSSR count). The van der Waals surface area contributed by atoms with E-state index in [4.69, 9.17) is 4.43 Å². The van der Waals surface area contributed by atoms with Gasteiger partial charge in [-0.3, -0.25) is 0 Å². The summed E-state index contributed by atoms with van der Waals surface area (Å²) in [6.07, 6.45) is 2.28. The van der Waals surface area contributed by atoms with Crippen molar-refractivity contribution in [3.63, 3.8) is 0 Å². The van der Waals surface area contributed by atoms with E-state index in [0.29, 0.717) is 5.41 Å². The van der Waals surface area contributed by atoms with Crippen LogP contribution in [0.3, 0.4) is 0 Å². The standard InChI is InChI=1S/C12H20OSi/c1-12(2,8-9-13-14)10-11-6-4-3-5-7-11/h3-7H,8-10H2,1-2,14H3. The third-order valence-corrected chi connectivity index (χ3v) is 2.92. The number of hydrogen-bond acceptors (Lipinski definition) is 1. The van der Waals surface area contributed by atoms with Crippen LogP contribution in [0.15, 0.2) is 30.3 Å². The van der Waals surface area contributed by atoms with Crippen molar-refractivity contribution in [2.24, 2.45) is 5.41 Å². The van der Waals surface area contributed by atoms with Crippen molar-refractivity contribution in [3.8, 4) is 0 Å². The van der Waals surface area contributed by atoms with Gasteiger partial charge in [-0.15, -0.1) is 0 Å². The Labute approximate surface area is 90.0 Å². The van der Waals surface area contributed by atoms with Crippen LogP contribution in [0.4, 0.5) is 0 Å². The summed E-state index contributed by atoms with van der Waals surface area (Å²) in [5, 5.41) is 0. The molecule has 0 amide bonds. The van der Waals surface area contributed by atoms with E-state index >= 15 is 0 Å². The first-order chi connectivity index (χ1) is 6.64. The topological polar surface area (TPSA) is 9.23 Å². The van der Waals surface area contributed by atoms with Crippen molar-refractivity contribution in [2.45, 2.75) is 26.7 Å². The van der Waals surface area contributed by atoms with Gasteiger partial charge in [0.15, 0.2) is 0 Å². The van der Waals surface area contributed by atoms with E-state index in [1.54, 1.807) is 0 Å². The van der Waals surface area contributed by atoms with Crippen LogP contribution >= 0.6 is 0 Å². The normalized spacial score (nSPS) is 11.9. The van der Waals surface area contributed by atoms with Gasteiger partial charge in [-0.2, -0.15) is 0 Å². The molecule has 0 aromatic heterocycles. The minimum absolute atomic E-state index is 0.353. The molecule has 1 nitrogen and oxygen atoms in total. The fraction of sp³-hybridized carbons (Fsp3) is 0.500. The summed E-state index contributed by atoms with van der Waals surface area (Å²) >= 11 is 0. The zero-order valence-electron chi connectivity index (χ0n) is 9.42. The smallest absolute Gasteiger partial charge is 0.145 e. The lowest BCUT2D eigenvalue weighted by atomic mass is 9.83. The molecule has 0 aliphatic rings. The Morgan fingerprint density at radius 2 is 1.86 bits per heavy atom. The summed E-state index contributed by atoms with van der Waals surface area (Å²) in [5.74, 6) is 0. The molecule has 0 fully saturated rings. The van der Waals surface area contributed by atoms with Crippen molar-refractivity contribution >= 4 is 10.5 Å². The first-order valence-corrected chi connectivity index (χ1v) is 5.98. The van der Waals surface area contributed by atoms with Crippen LogP contribution < -0.4 is 0 Å². The molecule has 2 heteroatoms. The predicted molar refractivity (Wildman–Crippen MR) is 64.4 cm³/mol. The van der Waals surface area contributed by atoms with Crippen LogP contribution in [0.2, 0.25) is 0 Å². The lowest BCUT2D eigenvalue weighted by molar-refractivity contribution is 0.240. The highest BCUT2D eigenvalue weighted by Crippen LogP contribution is 2.25. The maximum Gasteiger partial charge on any atom is 0.145 e. The molecule has 0 atom stereocenters. The fourth-order valence-corrected chi connectivity index (χ4v) is 1.82. The summed E-state index contributed by atoms with van der Waals surface area (Å²) < 4.78 is 5.25. The first-order valence-electron chi connectivity index (χ1n) is 5.17. The van der Waals surface area contributed by atoms with Crippen LogP contribution in [0, 0.1) is 5.41 Å². The molecule has 0 unspecified atom stereocenters. The summed E-state index contributed by atoms with van der Waals surface area (Å²) in [4.78, 5) is 0. The molecule has 0 heterocycles. The summed E-state index contributed by atoms with van der Waals surface area (Å²) in [5.41, 5.74) is 1.78. The van der Waals surface area contributed by atoms with Crippen LogP contribution in [0.1, 0.15) is 25.8 Å². The Hall–Kier alpha value is -0.603. The summed E-state index contributed by atoms with van der Waals surface area (Å²) in [6.45, 7) is 5.52. The lowest BCUT2D eigenvalue weighted by Gasteiger charge is -2.24. The molecule has 0 spiro atoms. The molecule has 0 bridgehead atoms. The van der Waals surface area contributed by atoms with E-state index in [2.05, 4.69) is 44.2 Å². The van der Waals surface area contributed by atoms with Gasteiger partial charge in [0.2, 0.25) is 0 Å². The quantitative estimate of drug-likeness (QED) is 0.672. The van der Waals surface area contributed by atoms with Crippen LogP contribution in [-0.2, 0) is 10.8 Å². The van der Waals surface area contributed by atoms with Crippen LogP contribution in [0.5, 0.6) is 0 Å². The van der Waals surface area contributed by atoms with E-state index in [-0.39, 0.29) is 0 Å². The number of rotatable bonds is 5. The molecule has 1 aromatic carbocycles. The zero-order valence-corrected chi connectivity index (χ0v) is 11.4. The Balaban J connectivity index is 2.50. The van der Waals surface area contributed by atoms with Crippen molar-refractivity contribution < 1.29 is 4.43 Å². The molecule has 0 radical (unpaired) electrons. The molecule has 0 aliphatic heterocycles.